The first-order valence-corrected chi connectivity index (χ1v) is 11.2. The van der Waals surface area contributed by atoms with Crippen molar-refractivity contribution in [2.24, 2.45) is 0 Å². The van der Waals surface area contributed by atoms with E-state index in [4.69, 9.17) is 9.26 Å². The number of rotatable bonds is 11. The van der Waals surface area contributed by atoms with Gasteiger partial charge in [-0.15, -0.1) is 0 Å². The molecule has 2 aromatic carbocycles. The Kier molecular flexibility index (Phi) is 7.34. The molecule has 0 radical (unpaired) electrons. The van der Waals surface area contributed by atoms with Gasteiger partial charge in [0.1, 0.15) is 11.8 Å². The smallest absolute Gasteiger partial charge is 0.243 e. The highest BCUT2D eigenvalue weighted by Crippen LogP contribution is 2.20. The average Bonchev–Trinajstić information content (AvgIpc) is 3.53. The molecule has 2 amide bonds. The molecule has 0 aliphatic heterocycles. The fourth-order valence-electron chi connectivity index (χ4n) is 3.47. The zero-order valence-electron chi connectivity index (χ0n) is 18.6. The summed E-state index contributed by atoms with van der Waals surface area (Å²) < 4.78 is 10.5. The van der Waals surface area contributed by atoms with Crippen LogP contribution >= 0.6 is 0 Å². The molecule has 1 heterocycles. The highest BCUT2D eigenvalue weighted by molar-refractivity contribution is 5.88. The number of carbonyl (C=O) groups is 2. The van der Waals surface area contributed by atoms with Crippen LogP contribution in [0.25, 0.3) is 11.4 Å². The van der Waals surface area contributed by atoms with Crippen molar-refractivity contribution < 1.29 is 18.8 Å². The lowest BCUT2D eigenvalue weighted by Gasteiger charge is -2.18. The second kappa shape index (κ2) is 10.8. The van der Waals surface area contributed by atoms with E-state index < -0.39 is 6.04 Å². The number of nitrogens with zero attached hydrogens (tertiary/aromatic N) is 2. The number of carbonyl (C=O) groups excluding carboxylic acids is 2. The molecule has 8 heteroatoms. The van der Waals surface area contributed by atoms with E-state index in [1.807, 2.05) is 54.6 Å². The highest BCUT2D eigenvalue weighted by atomic mass is 16.5. The third-order valence-electron chi connectivity index (χ3n) is 5.47. The Balaban J connectivity index is 1.28. The van der Waals surface area contributed by atoms with Crippen LogP contribution in [-0.2, 0) is 22.4 Å². The molecule has 4 rings (SSSR count). The molecule has 0 saturated heterocycles. The Morgan fingerprint density at radius 3 is 2.58 bits per heavy atom. The molecule has 0 spiro atoms. The largest absolute Gasteiger partial charge is 0.497 e. The maximum absolute atomic E-state index is 12.6. The molecule has 1 saturated carbocycles. The van der Waals surface area contributed by atoms with Crippen LogP contribution in [0.1, 0.15) is 37.1 Å². The molecule has 1 atom stereocenters. The summed E-state index contributed by atoms with van der Waals surface area (Å²) in [4.78, 5) is 29.6. The number of aryl methyl sites for hydroxylation is 1. The van der Waals surface area contributed by atoms with Crippen LogP contribution in [0, 0.1) is 0 Å². The van der Waals surface area contributed by atoms with E-state index in [0.29, 0.717) is 31.0 Å². The van der Waals surface area contributed by atoms with Crippen LogP contribution in [-0.4, -0.2) is 41.1 Å². The van der Waals surface area contributed by atoms with Gasteiger partial charge in [0.15, 0.2) is 0 Å². The zero-order valence-corrected chi connectivity index (χ0v) is 18.6. The summed E-state index contributed by atoms with van der Waals surface area (Å²) in [6.45, 7) is 0. The van der Waals surface area contributed by atoms with Gasteiger partial charge in [0.2, 0.25) is 23.5 Å². The van der Waals surface area contributed by atoms with E-state index in [1.165, 1.54) is 0 Å². The molecule has 1 aliphatic carbocycles. The number of hydrogen-bond acceptors (Lipinski definition) is 6. The van der Waals surface area contributed by atoms with Gasteiger partial charge in [-0.05, 0) is 49.1 Å². The molecular weight excluding hydrogens is 420 g/mol. The molecule has 1 aliphatic rings. The Morgan fingerprint density at radius 2 is 1.88 bits per heavy atom. The van der Waals surface area contributed by atoms with Crippen molar-refractivity contribution in [1.82, 2.24) is 20.8 Å². The van der Waals surface area contributed by atoms with Gasteiger partial charge in [0, 0.05) is 30.9 Å². The summed E-state index contributed by atoms with van der Waals surface area (Å²) in [5.74, 6) is 1.43. The van der Waals surface area contributed by atoms with Gasteiger partial charge in [-0.1, -0.05) is 35.5 Å². The SMILES string of the molecule is COc1ccc(-c2noc(CCCC(=O)NC(Cc3ccccc3)C(=O)NC3CC3)n2)cc1. The zero-order chi connectivity index (χ0) is 23.0. The summed E-state index contributed by atoms with van der Waals surface area (Å²) in [6, 6.07) is 16.7. The quantitative estimate of drug-likeness (QED) is 0.467. The maximum atomic E-state index is 12.6. The van der Waals surface area contributed by atoms with Gasteiger partial charge in [0.05, 0.1) is 7.11 Å². The molecule has 8 nitrogen and oxygen atoms in total. The number of methoxy groups -OCH3 is 1. The van der Waals surface area contributed by atoms with Gasteiger partial charge < -0.3 is 19.9 Å². The number of amides is 2. The second-order valence-corrected chi connectivity index (χ2v) is 8.19. The number of aromatic nitrogens is 2. The topological polar surface area (TPSA) is 106 Å². The summed E-state index contributed by atoms with van der Waals surface area (Å²) in [5.41, 5.74) is 1.83. The first-order chi connectivity index (χ1) is 16.1. The number of nitrogens with one attached hydrogen (secondary N) is 2. The lowest BCUT2D eigenvalue weighted by atomic mass is 10.0. The molecule has 33 heavy (non-hydrogen) atoms. The predicted octanol–water partition coefficient (Wildman–Crippen LogP) is 3.07. The minimum atomic E-state index is -0.592. The number of ether oxygens (including phenoxy) is 1. The summed E-state index contributed by atoms with van der Waals surface area (Å²) in [6.07, 6.45) is 3.75. The second-order valence-electron chi connectivity index (χ2n) is 8.19. The third-order valence-corrected chi connectivity index (χ3v) is 5.47. The lowest BCUT2D eigenvalue weighted by molar-refractivity contribution is -0.129. The molecule has 0 bridgehead atoms. The van der Waals surface area contributed by atoms with Gasteiger partial charge in [-0.2, -0.15) is 4.98 Å². The fourth-order valence-corrected chi connectivity index (χ4v) is 3.47. The molecule has 1 aromatic heterocycles. The van der Waals surface area contributed by atoms with Gasteiger partial charge in [-0.3, -0.25) is 9.59 Å². The third kappa shape index (κ3) is 6.65. The monoisotopic (exact) mass is 448 g/mol. The Morgan fingerprint density at radius 1 is 1.12 bits per heavy atom. The van der Waals surface area contributed by atoms with Crippen molar-refractivity contribution in [3.8, 4) is 17.1 Å². The van der Waals surface area contributed by atoms with Crippen LogP contribution in [0.15, 0.2) is 59.1 Å². The van der Waals surface area contributed by atoms with E-state index in [-0.39, 0.29) is 24.3 Å². The van der Waals surface area contributed by atoms with E-state index in [0.717, 1.165) is 29.7 Å². The highest BCUT2D eigenvalue weighted by Gasteiger charge is 2.28. The average molecular weight is 449 g/mol. The Labute approximate surface area is 192 Å². The van der Waals surface area contributed by atoms with E-state index in [2.05, 4.69) is 20.8 Å². The van der Waals surface area contributed by atoms with Crippen molar-refractivity contribution >= 4 is 11.8 Å². The van der Waals surface area contributed by atoms with Crippen molar-refractivity contribution in [2.45, 2.75) is 50.6 Å². The van der Waals surface area contributed by atoms with Gasteiger partial charge >= 0.3 is 0 Å². The molecule has 1 unspecified atom stereocenters. The van der Waals surface area contributed by atoms with Crippen LogP contribution in [0.5, 0.6) is 5.75 Å². The number of benzene rings is 2. The van der Waals surface area contributed by atoms with Crippen LogP contribution in [0.2, 0.25) is 0 Å². The minimum absolute atomic E-state index is 0.129. The van der Waals surface area contributed by atoms with E-state index in [1.54, 1.807) is 7.11 Å². The van der Waals surface area contributed by atoms with E-state index >= 15 is 0 Å². The normalized spacial score (nSPS) is 13.8. The Hall–Kier alpha value is -3.68. The molecular formula is C25H28N4O4. The van der Waals surface area contributed by atoms with Crippen LogP contribution < -0.4 is 15.4 Å². The lowest BCUT2D eigenvalue weighted by Crippen LogP contribution is -2.48. The Bertz CT molecular complexity index is 1060. The van der Waals surface area contributed by atoms with Crippen molar-refractivity contribution in [3.63, 3.8) is 0 Å². The first-order valence-electron chi connectivity index (χ1n) is 11.2. The minimum Gasteiger partial charge on any atom is -0.497 e. The molecule has 172 valence electrons. The van der Waals surface area contributed by atoms with Crippen molar-refractivity contribution in [2.75, 3.05) is 7.11 Å². The summed E-state index contributed by atoms with van der Waals surface area (Å²) in [5, 5.41) is 9.90. The molecule has 1 fully saturated rings. The molecule has 2 N–H and O–H groups in total. The predicted molar refractivity (Wildman–Crippen MR) is 122 cm³/mol. The standard InChI is InChI=1S/C25H28N4O4/c1-32-20-14-10-18(11-15-20)24-28-23(33-29-24)9-5-8-22(30)27-21(25(31)26-19-12-13-19)16-17-6-3-2-4-7-17/h2-4,6-7,10-11,14-15,19,21H,5,8-9,12-13,16H2,1H3,(H,26,31)(H,27,30). The van der Waals surface area contributed by atoms with Crippen LogP contribution in [0.4, 0.5) is 0 Å². The van der Waals surface area contributed by atoms with Crippen molar-refractivity contribution in [1.29, 1.82) is 0 Å². The maximum Gasteiger partial charge on any atom is 0.243 e. The number of hydrogen-bond donors (Lipinski definition) is 2. The van der Waals surface area contributed by atoms with Crippen molar-refractivity contribution in [3.05, 3.63) is 66.1 Å². The first kappa shape index (κ1) is 22.5. The van der Waals surface area contributed by atoms with Crippen LogP contribution in [0.3, 0.4) is 0 Å². The fraction of sp³-hybridized carbons (Fsp3) is 0.360. The van der Waals surface area contributed by atoms with E-state index in [9.17, 15) is 9.59 Å². The molecule has 3 aromatic rings. The summed E-state index contributed by atoms with van der Waals surface area (Å²) >= 11 is 0. The van der Waals surface area contributed by atoms with Gasteiger partial charge in [-0.25, -0.2) is 0 Å². The van der Waals surface area contributed by atoms with Gasteiger partial charge in [0.25, 0.3) is 0 Å². The summed E-state index contributed by atoms with van der Waals surface area (Å²) in [7, 11) is 1.61.